The number of hydrogen-bond acceptors (Lipinski definition) is 3. The molecule has 1 heterocycles. The van der Waals surface area contributed by atoms with Crippen molar-refractivity contribution in [3.05, 3.63) is 30.1 Å². The third-order valence-electron chi connectivity index (χ3n) is 3.48. The van der Waals surface area contributed by atoms with Crippen LogP contribution in [0.4, 0.5) is 0 Å². The van der Waals surface area contributed by atoms with E-state index in [-0.39, 0.29) is 42.0 Å². The van der Waals surface area contributed by atoms with Gasteiger partial charge in [0.2, 0.25) is 5.91 Å². The molecule has 0 aliphatic heterocycles. The predicted molar refractivity (Wildman–Crippen MR) is 117 cm³/mol. The highest BCUT2D eigenvalue weighted by Crippen LogP contribution is 2.10. The first kappa shape index (κ1) is 22.2. The number of nitrogens with zero attached hydrogens (tertiary/aromatic N) is 2. The van der Waals surface area contributed by atoms with Gasteiger partial charge in [0, 0.05) is 25.6 Å². The predicted octanol–water partition coefficient (Wildman–Crippen LogP) is 2.19. The molecule has 0 aliphatic carbocycles. The number of rotatable bonds is 6. The zero-order chi connectivity index (χ0) is 18.3. The fourth-order valence-corrected chi connectivity index (χ4v) is 2.43. The van der Waals surface area contributed by atoms with Crippen LogP contribution in [0.1, 0.15) is 33.0 Å². The number of benzene rings is 1. The molecule has 0 radical (unpaired) electrons. The summed E-state index contributed by atoms with van der Waals surface area (Å²) in [5.41, 5.74) is 1.82. The van der Waals surface area contributed by atoms with E-state index in [9.17, 15) is 4.79 Å². The lowest BCUT2D eigenvalue weighted by Gasteiger charge is -2.21. The Bertz CT molecular complexity index is 702. The molecule has 0 aliphatic rings. The van der Waals surface area contributed by atoms with Gasteiger partial charge in [0.05, 0.1) is 17.6 Å². The number of guanidine groups is 1. The molecule has 2 rings (SSSR count). The number of aromatic amines is 1. The van der Waals surface area contributed by atoms with E-state index in [1.165, 1.54) is 0 Å². The highest BCUT2D eigenvalue weighted by Gasteiger charge is 2.13. The Morgan fingerprint density at radius 3 is 2.62 bits per heavy atom. The molecule has 8 heteroatoms. The van der Waals surface area contributed by atoms with E-state index in [0.717, 1.165) is 36.2 Å². The Morgan fingerprint density at radius 2 is 1.96 bits per heavy atom. The van der Waals surface area contributed by atoms with Crippen LogP contribution in [0.15, 0.2) is 29.3 Å². The second-order valence-corrected chi connectivity index (χ2v) is 6.95. The molecule has 0 unspecified atom stereocenters. The van der Waals surface area contributed by atoms with Crippen LogP contribution >= 0.6 is 24.0 Å². The monoisotopic (exact) mass is 472 g/mol. The largest absolute Gasteiger partial charge is 0.356 e. The number of amides is 1. The number of carbonyl (C=O) groups excluding carboxylic acids is 1. The van der Waals surface area contributed by atoms with Gasteiger partial charge in [0.15, 0.2) is 5.96 Å². The number of halogens is 1. The van der Waals surface area contributed by atoms with Crippen molar-refractivity contribution in [3.63, 3.8) is 0 Å². The number of imidazole rings is 1. The molecule has 4 N–H and O–H groups in total. The van der Waals surface area contributed by atoms with Crippen molar-refractivity contribution in [1.29, 1.82) is 0 Å². The quantitative estimate of drug-likeness (QED) is 0.225. The number of aryl methyl sites for hydroxylation is 1. The molecular weight excluding hydrogens is 443 g/mol. The van der Waals surface area contributed by atoms with Gasteiger partial charge in [-0.1, -0.05) is 12.1 Å². The Kier molecular flexibility index (Phi) is 8.83. The van der Waals surface area contributed by atoms with Crippen LogP contribution in [0, 0.1) is 0 Å². The van der Waals surface area contributed by atoms with Crippen LogP contribution in [0.25, 0.3) is 11.0 Å². The minimum absolute atomic E-state index is 0. The first-order valence-corrected chi connectivity index (χ1v) is 8.56. The van der Waals surface area contributed by atoms with Crippen molar-refractivity contribution in [3.8, 4) is 0 Å². The smallest absolute Gasteiger partial charge is 0.239 e. The van der Waals surface area contributed by atoms with E-state index < -0.39 is 0 Å². The standard InChI is InChI=1S/C18H28N6O.HI/c1-18(2,3)24-16(25)12-21-17(19-4)20-11-7-10-15-22-13-8-5-6-9-14(13)23-15;/h5-6,8-9H,7,10-12H2,1-4H3,(H,22,23)(H,24,25)(H2,19,20,21);1H. The third-order valence-corrected chi connectivity index (χ3v) is 3.48. The highest BCUT2D eigenvalue weighted by atomic mass is 127. The Balaban J connectivity index is 0.00000338. The number of carbonyl (C=O) groups is 1. The summed E-state index contributed by atoms with van der Waals surface area (Å²) in [5, 5.41) is 9.13. The number of para-hydroxylation sites is 2. The Labute approximate surface area is 171 Å². The van der Waals surface area contributed by atoms with Crippen LogP contribution < -0.4 is 16.0 Å². The van der Waals surface area contributed by atoms with Crippen molar-refractivity contribution in [2.24, 2.45) is 4.99 Å². The number of aromatic nitrogens is 2. The van der Waals surface area contributed by atoms with E-state index in [2.05, 4.69) is 30.9 Å². The molecule has 7 nitrogen and oxygen atoms in total. The lowest BCUT2D eigenvalue weighted by Crippen LogP contribution is -2.48. The van der Waals surface area contributed by atoms with Crippen molar-refractivity contribution in [2.45, 2.75) is 39.2 Å². The van der Waals surface area contributed by atoms with Crippen molar-refractivity contribution in [2.75, 3.05) is 20.1 Å². The van der Waals surface area contributed by atoms with E-state index in [1.54, 1.807) is 7.05 Å². The van der Waals surface area contributed by atoms with Gasteiger partial charge < -0.3 is 20.9 Å². The first-order valence-electron chi connectivity index (χ1n) is 8.56. The van der Waals surface area contributed by atoms with Crippen LogP contribution in [-0.4, -0.2) is 47.5 Å². The van der Waals surface area contributed by atoms with Crippen LogP contribution in [0.5, 0.6) is 0 Å². The summed E-state index contributed by atoms with van der Waals surface area (Å²) in [5.74, 6) is 1.54. The third kappa shape index (κ3) is 7.59. The fraction of sp³-hybridized carbons (Fsp3) is 0.500. The molecule has 0 saturated heterocycles. The second kappa shape index (κ2) is 10.3. The number of hydrogen-bond donors (Lipinski definition) is 4. The average Bonchev–Trinajstić information content (AvgIpc) is 2.95. The molecule has 26 heavy (non-hydrogen) atoms. The van der Waals surface area contributed by atoms with E-state index in [1.807, 2.05) is 45.0 Å². The van der Waals surface area contributed by atoms with Gasteiger partial charge in [-0.3, -0.25) is 9.79 Å². The number of nitrogens with one attached hydrogen (secondary N) is 4. The molecule has 0 spiro atoms. The van der Waals surface area contributed by atoms with Gasteiger partial charge in [0.1, 0.15) is 5.82 Å². The Hall–Kier alpha value is -1.84. The number of fused-ring (bicyclic) bond motifs is 1. The van der Waals surface area contributed by atoms with Crippen molar-refractivity contribution < 1.29 is 4.79 Å². The minimum atomic E-state index is -0.234. The van der Waals surface area contributed by atoms with E-state index in [4.69, 9.17) is 0 Å². The molecule has 0 atom stereocenters. The van der Waals surface area contributed by atoms with E-state index in [0.29, 0.717) is 5.96 Å². The molecule has 2 aromatic rings. The zero-order valence-corrected chi connectivity index (χ0v) is 18.2. The molecule has 1 amide bonds. The van der Waals surface area contributed by atoms with Gasteiger partial charge in [-0.05, 0) is 39.3 Å². The molecule has 0 fully saturated rings. The summed E-state index contributed by atoms with van der Waals surface area (Å²) in [7, 11) is 1.69. The summed E-state index contributed by atoms with van der Waals surface area (Å²) in [6, 6.07) is 8.01. The first-order chi connectivity index (χ1) is 11.9. The SMILES string of the molecule is CN=C(NCCCc1nc2ccccc2[nH]1)NCC(=O)NC(C)(C)C.I. The molecular formula is C18H29IN6O. The lowest BCUT2D eigenvalue weighted by molar-refractivity contribution is -0.121. The van der Waals surface area contributed by atoms with Crippen molar-refractivity contribution >= 4 is 46.9 Å². The number of H-pyrrole nitrogens is 1. The zero-order valence-electron chi connectivity index (χ0n) is 15.8. The summed E-state index contributed by atoms with van der Waals surface area (Å²) in [6.45, 7) is 6.81. The molecule has 1 aromatic carbocycles. The Morgan fingerprint density at radius 1 is 1.23 bits per heavy atom. The topological polar surface area (TPSA) is 94.2 Å². The molecule has 0 bridgehead atoms. The average molecular weight is 472 g/mol. The lowest BCUT2D eigenvalue weighted by atomic mass is 10.1. The molecule has 1 aromatic heterocycles. The molecule has 0 saturated carbocycles. The van der Waals surface area contributed by atoms with Crippen LogP contribution in [0.2, 0.25) is 0 Å². The van der Waals surface area contributed by atoms with Gasteiger partial charge in [-0.15, -0.1) is 24.0 Å². The van der Waals surface area contributed by atoms with Crippen LogP contribution in [0.3, 0.4) is 0 Å². The molecule has 144 valence electrons. The highest BCUT2D eigenvalue weighted by molar-refractivity contribution is 14.0. The number of aliphatic imine (C=N–C) groups is 1. The summed E-state index contributed by atoms with van der Waals surface area (Å²) in [6.07, 6.45) is 1.76. The van der Waals surface area contributed by atoms with E-state index >= 15 is 0 Å². The van der Waals surface area contributed by atoms with Gasteiger partial charge in [0.25, 0.3) is 0 Å². The normalized spacial score (nSPS) is 11.8. The van der Waals surface area contributed by atoms with Gasteiger partial charge in [-0.2, -0.15) is 0 Å². The van der Waals surface area contributed by atoms with Crippen molar-refractivity contribution in [1.82, 2.24) is 25.9 Å². The van der Waals surface area contributed by atoms with Gasteiger partial charge >= 0.3 is 0 Å². The summed E-state index contributed by atoms with van der Waals surface area (Å²) in [4.78, 5) is 23.8. The van der Waals surface area contributed by atoms with Crippen LogP contribution in [-0.2, 0) is 11.2 Å². The maximum atomic E-state index is 11.8. The maximum absolute atomic E-state index is 11.8. The maximum Gasteiger partial charge on any atom is 0.239 e. The second-order valence-electron chi connectivity index (χ2n) is 6.95. The summed E-state index contributed by atoms with van der Waals surface area (Å²) < 4.78 is 0. The summed E-state index contributed by atoms with van der Waals surface area (Å²) >= 11 is 0. The van der Waals surface area contributed by atoms with Gasteiger partial charge in [-0.25, -0.2) is 4.98 Å². The minimum Gasteiger partial charge on any atom is -0.356 e. The fourth-order valence-electron chi connectivity index (χ4n) is 2.43.